The number of anilines is 1. The zero-order chi connectivity index (χ0) is 14.5. The van der Waals surface area contributed by atoms with Gasteiger partial charge < -0.3 is 9.47 Å². The molecule has 0 unspecified atom stereocenters. The van der Waals surface area contributed by atoms with E-state index >= 15 is 0 Å². The molecule has 0 radical (unpaired) electrons. The Morgan fingerprint density at radius 1 is 1.37 bits per heavy atom. The maximum absolute atomic E-state index is 11.7. The van der Waals surface area contributed by atoms with E-state index < -0.39 is 11.7 Å². The van der Waals surface area contributed by atoms with Crippen molar-refractivity contribution in [2.45, 2.75) is 32.9 Å². The molecule has 19 heavy (non-hydrogen) atoms. The Kier molecular flexibility index (Phi) is 5.14. The number of hydrogen-bond donors (Lipinski definition) is 3. The lowest BCUT2D eigenvalue weighted by Crippen LogP contribution is -2.28. The van der Waals surface area contributed by atoms with Crippen molar-refractivity contribution in [2.24, 2.45) is 5.84 Å². The normalized spacial score (nSPS) is 11.0. The molecule has 0 bridgehead atoms. The third-order valence-electron chi connectivity index (χ3n) is 2.24. The second-order valence-electron chi connectivity index (χ2n) is 5.03. The summed E-state index contributed by atoms with van der Waals surface area (Å²) in [6.07, 6.45) is -0.504. The Labute approximate surface area is 113 Å². The van der Waals surface area contributed by atoms with Gasteiger partial charge in [0.25, 0.3) is 0 Å². The van der Waals surface area contributed by atoms with Crippen LogP contribution in [0.4, 0.5) is 10.5 Å². The highest BCUT2D eigenvalue weighted by atomic mass is 16.6. The first kappa shape index (κ1) is 15.3. The standard InChI is InChI=1S/C13H21N3O3/c1-13(2,3)19-12(17)16-11-6-5-10(18-4)7-9(11)8-15-14/h5-7,15H,8,14H2,1-4H3,(H,16,17). The van der Waals surface area contributed by atoms with Crippen molar-refractivity contribution < 1.29 is 14.3 Å². The molecule has 0 fully saturated rings. The van der Waals surface area contributed by atoms with Crippen LogP contribution in [0, 0.1) is 0 Å². The smallest absolute Gasteiger partial charge is 0.412 e. The number of carbonyl (C=O) groups is 1. The first-order chi connectivity index (χ1) is 8.85. The Hall–Kier alpha value is -1.79. The average Bonchev–Trinajstić information content (AvgIpc) is 2.29. The molecule has 6 nitrogen and oxygen atoms in total. The van der Waals surface area contributed by atoms with E-state index in [1.165, 1.54) is 0 Å². The van der Waals surface area contributed by atoms with Gasteiger partial charge in [0.1, 0.15) is 11.4 Å². The van der Waals surface area contributed by atoms with Crippen LogP contribution < -0.4 is 21.3 Å². The summed E-state index contributed by atoms with van der Waals surface area (Å²) in [4.78, 5) is 11.7. The second kappa shape index (κ2) is 6.40. The van der Waals surface area contributed by atoms with Gasteiger partial charge in [0.15, 0.2) is 0 Å². The van der Waals surface area contributed by atoms with Gasteiger partial charge in [0, 0.05) is 12.2 Å². The SMILES string of the molecule is COc1ccc(NC(=O)OC(C)(C)C)c(CNN)c1. The minimum Gasteiger partial charge on any atom is -0.497 e. The molecule has 1 rings (SSSR count). The van der Waals surface area contributed by atoms with Crippen LogP contribution >= 0.6 is 0 Å². The molecular weight excluding hydrogens is 246 g/mol. The fourth-order valence-corrected chi connectivity index (χ4v) is 1.49. The Bertz CT molecular complexity index is 441. The van der Waals surface area contributed by atoms with Crippen LogP contribution in [0.25, 0.3) is 0 Å². The molecule has 106 valence electrons. The van der Waals surface area contributed by atoms with Crippen LogP contribution in [-0.2, 0) is 11.3 Å². The monoisotopic (exact) mass is 267 g/mol. The minimum absolute atomic E-state index is 0.405. The van der Waals surface area contributed by atoms with Crippen molar-refractivity contribution in [1.29, 1.82) is 0 Å². The average molecular weight is 267 g/mol. The van der Waals surface area contributed by atoms with Crippen LogP contribution in [0.1, 0.15) is 26.3 Å². The summed E-state index contributed by atoms with van der Waals surface area (Å²) in [6, 6.07) is 5.30. The summed E-state index contributed by atoms with van der Waals surface area (Å²) in [6.45, 7) is 5.83. The molecule has 0 aromatic heterocycles. The van der Waals surface area contributed by atoms with Crippen molar-refractivity contribution in [2.75, 3.05) is 12.4 Å². The maximum atomic E-state index is 11.7. The van der Waals surface area contributed by atoms with Gasteiger partial charge >= 0.3 is 6.09 Å². The molecule has 4 N–H and O–H groups in total. The van der Waals surface area contributed by atoms with Crippen LogP contribution in [0.15, 0.2) is 18.2 Å². The zero-order valence-electron chi connectivity index (χ0n) is 11.7. The molecule has 1 aromatic rings. The lowest BCUT2D eigenvalue weighted by molar-refractivity contribution is 0.0635. The number of methoxy groups -OCH3 is 1. The third kappa shape index (κ3) is 5.15. The molecule has 0 aliphatic rings. The number of benzene rings is 1. The quantitative estimate of drug-likeness (QED) is 0.574. The van der Waals surface area contributed by atoms with Crippen LogP contribution in [0.5, 0.6) is 5.75 Å². The minimum atomic E-state index is -0.539. The fraction of sp³-hybridized carbons (Fsp3) is 0.462. The van der Waals surface area contributed by atoms with E-state index in [1.54, 1.807) is 25.3 Å². The number of rotatable bonds is 4. The largest absolute Gasteiger partial charge is 0.497 e. The summed E-state index contributed by atoms with van der Waals surface area (Å²) in [5.74, 6) is 6.01. The van der Waals surface area contributed by atoms with Crippen molar-refractivity contribution in [3.8, 4) is 5.75 Å². The van der Waals surface area contributed by atoms with Gasteiger partial charge in [-0.15, -0.1) is 0 Å². The highest BCUT2D eigenvalue weighted by molar-refractivity contribution is 5.86. The van der Waals surface area contributed by atoms with E-state index in [0.29, 0.717) is 18.0 Å². The molecule has 0 aliphatic heterocycles. The van der Waals surface area contributed by atoms with Gasteiger partial charge in [0.05, 0.1) is 7.11 Å². The maximum Gasteiger partial charge on any atom is 0.412 e. The summed E-state index contributed by atoms with van der Waals surface area (Å²) in [7, 11) is 1.58. The summed E-state index contributed by atoms with van der Waals surface area (Å²) in [5, 5.41) is 2.69. The van der Waals surface area contributed by atoms with Crippen LogP contribution in [0.2, 0.25) is 0 Å². The summed E-state index contributed by atoms with van der Waals surface area (Å²) < 4.78 is 10.3. The molecule has 0 spiro atoms. The van der Waals surface area contributed by atoms with Gasteiger partial charge in [0.2, 0.25) is 0 Å². The molecule has 1 amide bonds. The van der Waals surface area contributed by atoms with Crippen molar-refractivity contribution in [1.82, 2.24) is 5.43 Å². The number of nitrogens with one attached hydrogen (secondary N) is 2. The summed E-state index contributed by atoms with van der Waals surface area (Å²) >= 11 is 0. The number of hydrazine groups is 1. The van der Waals surface area contributed by atoms with Gasteiger partial charge in [-0.1, -0.05) is 0 Å². The Morgan fingerprint density at radius 3 is 2.58 bits per heavy atom. The molecule has 0 aliphatic carbocycles. The molecule has 0 saturated carbocycles. The first-order valence-electron chi connectivity index (χ1n) is 5.96. The molecule has 0 atom stereocenters. The molecule has 0 saturated heterocycles. The van der Waals surface area contributed by atoms with E-state index in [9.17, 15) is 4.79 Å². The van der Waals surface area contributed by atoms with Crippen LogP contribution in [0.3, 0.4) is 0 Å². The Balaban J connectivity index is 2.84. The Morgan fingerprint density at radius 2 is 2.05 bits per heavy atom. The highest BCUT2D eigenvalue weighted by Gasteiger charge is 2.17. The number of carbonyl (C=O) groups excluding carboxylic acids is 1. The second-order valence-corrected chi connectivity index (χ2v) is 5.03. The van der Waals surface area contributed by atoms with E-state index in [0.717, 1.165) is 5.56 Å². The van der Waals surface area contributed by atoms with E-state index in [1.807, 2.05) is 20.8 Å². The third-order valence-corrected chi connectivity index (χ3v) is 2.24. The van der Waals surface area contributed by atoms with E-state index in [-0.39, 0.29) is 0 Å². The number of amides is 1. The predicted molar refractivity (Wildman–Crippen MR) is 73.9 cm³/mol. The van der Waals surface area contributed by atoms with Crippen molar-refractivity contribution in [3.05, 3.63) is 23.8 Å². The number of hydrogen-bond acceptors (Lipinski definition) is 5. The first-order valence-corrected chi connectivity index (χ1v) is 5.96. The van der Waals surface area contributed by atoms with Crippen LogP contribution in [-0.4, -0.2) is 18.8 Å². The molecular formula is C13H21N3O3. The molecule has 6 heteroatoms. The lowest BCUT2D eigenvalue weighted by atomic mass is 10.1. The van der Waals surface area contributed by atoms with Gasteiger partial charge in [-0.3, -0.25) is 16.6 Å². The van der Waals surface area contributed by atoms with Crippen molar-refractivity contribution in [3.63, 3.8) is 0 Å². The summed E-state index contributed by atoms with van der Waals surface area (Å²) in [5.41, 5.74) is 3.46. The fourth-order valence-electron chi connectivity index (χ4n) is 1.49. The van der Waals surface area contributed by atoms with Crippen molar-refractivity contribution >= 4 is 11.8 Å². The zero-order valence-corrected chi connectivity index (χ0v) is 11.7. The number of nitrogens with two attached hydrogens (primary N) is 1. The lowest BCUT2D eigenvalue weighted by Gasteiger charge is -2.20. The molecule has 1 aromatic carbocycles. The van der Waals surface area contributed by atoms with Gasteiger partial charge in [-0.25, -0.2) is 4.79 Å². The predicted octanol–water partition coefficient (Wildman–Crippen LogP) is 2.01. The van der Waals surface area contributed by atoms with Gasteiger partial charge in [-0.05, 0) is 44.5 Å². The topological polar surface area (TPSA) is 85.6 Å². The van der Waals surface area contributed by atoms with Gasteiger partial charge in [-0.2, -0.15) is 0 Å². The number of ether oxygens (including phenoxy) is 2. The van der Waals surface area contributed by atoms with E-state index in [2.05, 4.69) is 10.7 Å². The molecule has 0 heterocycles. The van der Waals surface area contributed by atoms with E-state index in [4.69, 9.17) is 15.3 Å². The highest BCUT2D eigenvalue weighted by Crippen LogP contribution is 2.22.